The Kier molecular flexibility index (Phi) is 3.48. The lowest BCUT2D eigenvalue weighted by Crippen LogP contribution is -2.37. The maximum absolute atomic E-state index is 13.0. The molecular formula is C16H15F3N4O2. The van der Waals surface area contributed by atoms with Crippen molar-refractivity contribution in [2.24, 2.45) is 0 Å². The highest BCUT2D eigenvalue weighted by Gasteiger charge is 2.40. The monoisotopic (exact) mass is 352 g/mol. The van der Waals surface area contributed by atoms with Crippen LogP contribution in [0.3, 0.4) is 0 Å². The van der Waals surface area contributed by atoms with E-state index in [2.05, 4.69) is 15.2 Å². The predicted octanol–water partition coefficient (Wildman–Crippen LogP) is 2.19. The predicted molar refractivity (Wildman–Crippen MR) is 81.1 cm³/mol. The van der Waals surface area contributed by atoms with Crippen molar-refractivity contribution >= 4 is 5.91 Å². The van der Waals surface area contributed by atoms with E-state index in [1.54, 1.807) is 6.07 Å². The molecule has 0 atom stereocenters. The number of aromatic amines is 2. The molecule has 0 aromatic carbocycles. The van der Waals surface area contributed by atoms with E-state index in [9.17, 15) is 22.8 Å². The van der Waals surface area contributed by atoms with Crippen LogP contribution in [0, 0.1) is 0 Å². The van der Waals surface area contributed by atoms with Gasteiger partial charge in [-0.15, -0.1) is 0 Å². The molecule has 1 fully saturated rings. The van der Waals surface area contributed by atoms with Crippen LogP contribution in [0.1, 0.15) is 51.8 Å². The number of amides is 1. The fourth-order valence-corrected chi connectivity index (χ4v) is 3.19. The highest BCUT2D eigenvalue weighted by atomic mass is 19.4. The molecule has 6 nitrogen and oxygen atoms in total. The van der Waals surface area contributed by atoms with Gasteiger partial charge in [0.2, 0.25) is 5.56 Å². The van der Waals surface area contributed by atoms with Crippen molar-refractivity contribution < 1.29 is 18.0 Å². The summed E-state index contributed by atoms with van der Waals surface area (Å²) < 4.78 is 39.1. The first-order chi connectivity index (χ1) is 11.8. The first-order valence-corrected chi connectivity index (χ1v) is 8.00. The Balaban J connectivity index is 1.62. The molecule has 1 aliphatic carbocycles. The Hall–Kier alpha value is -2.58. The van der Waals surface area contributed by atoms with Gasteiger partial charge in [-0.25, -0.2) is 0 Å². The molecule has 0 radical (unpaired) electrons. The number of halogens is 3. The smallest absolute Gasteiger partial charge is 0.334 e. The van der Waals surface area contributed by atoms with E-state index in [0.29, 0.717) is 11.4 Å². The normalized spacial score (nSPS) is 17.5. The number of carbonyl (C=O) groups is 1. The van der Waals surface area contributed by atoms with Crippen LogP contribution in [-0.2, 0) is 19.1 Å². The second-order valence-electron chi connectivity index (χ2n) is 6.47. The quantitative estimate of drug-likeness (QED) is 0.869. The number of hydrogen-bond acceptors (Lipinski definition) is 3. The molecule has 0 bridgehead atoms. The van der Waals surface area contributed by atoms with Gasteiger partial charge in [0.1, 0.15) is 0 Å². The molecule has 0 spiro atoms. The average Bonchev–Trinajstić information content (AvgIpc) is 3.31. The molecule has 1 amide bonds. The maximum Gasteiger partial charge on any atom is 0.435 e. The van der Waals surface area contributed by atoms with Crippen molar-refractivity contribution in [3.63, 3.8) is 0 Å². The molecule has 2 aliphatic rings. The zero-order valence-corrected chi connectivity index (χ0v) is 13.1. The third-order valence-corrected chi connectivity index (χ3v) is 4.62. The first-order valence-electron chi connectivity index (χ1n) is 8.00. The SMILES string of the molecule is O=C(c1cc(C2CC2)[nH]c(=O)c1)N1CCc2[nH]nc(C(F)(F)F)c2C1. The summed E-state index contributed by atoms with van der Waals surface area (Å²) in [6.45, 7) is 0.0992. The highest BCUT2D eigenvalue weighted by molar-refractivity contribution is 5.94. The van der Waals surface area contributed by atoms with Gasteiger partial charge < -0.3 is 9.88 Å². The Bertz CT molecular complexity index is 896. The molecule has 9 heteroatoms. The third-order valence-electron chi connectivity index (χ3n) is 4.62. The minimum atomic E-state index is -4.57. The van der Waals surface area contributed by atoms with Crippen LogP contribution in [0.5, 0.6) is 0 Å². The zero-order chi connectivity index (χ0) is 17.8. The minimum absolute atomic E-state index is 0.000595. The summed E-state index contributed by atoms with van der Waals surface area (Å²) in [5.41, 5.74) is -0.0198. The van der Waals surface area contributed by atoms with Crippen molar-refractivity contribution in [3.05, 3.63) is 50.7 Å². The zero-order valence-electron chi connectivity index (χ0n) is 13.1. The van der Waals surface area contributed by atoms with E-state index in [1.807, 2.05) is 0 Å². The lowest BCUT2D eigenvalue weighted by molar-refractivity contribution is -0.142. The third kappa shape index (κ3) is 2.94. The number of carbonyl (C=O) groups excluding carboxylic acids is 1. The second-order valence-corrected chi connectivity index (χ2v) is 6.47. The molecule has 1 saturated carbocycles. The Labute approximate surface area is 140 Å². The average molecular weight is 352 g/mol. The number of nitrogens with zero attached hydrogens (tertiary/aromatic N) is 2. The van der Waals surface area contributed by atoms with Gasteiger partial charge in [0.25, 0.3) is 5.91 Å². The van der Waals surface area contributed by atoms with Crippen LogP contribution in [-0.4, -0.2) is 32.5 Å². The first kappa shape index (κ1) is 15.9. The molecule has 2 aromatic heterocycles. The Morgan fingerprint density at radius 1 is 1.28 bits per heavy atom. The van der Waals surface area contributed by atoms with Crippen LogP contribution in [0.15, 0.2) is 16.9 Å². The number of nitrogens with one attached hydrogen (secondary N) is 2. The summed E-state index contributed by atoms with van der Waals surface area (Å²) in [5.74, 6) is -0.174. The number of hydrogen-bond donors (Lipinski definition) is 2. The standard InChI is InChI=1S/C16H15F3N4O2/c17-16(18,19)14-10-7-23(4-3-11(10)21-22-14)15(25)9-5-12(8-1-2-8)20-13(24)6-9/h5-6,8H,1-4,7H2,(H,20,24)(H,21,22). The number of rotatable bonds is 2. The summed E-state index contributed by atoms with van der Waals surface area (Å²) >= 11 is 0. The van der Waals surface area contributed by atoms with E-state index < -0.39 is 17.8 Å². The van der Waals surface area contributed by atoms with Gasteiger partial charge in [-0.05, 0) is 24.8 Å². The van der Waals surface area contributed by atoms with Gasteiger partial charge in [0, 0.05) is 48.1 Å². The van der Waals surface area contributed by atoms with Gasteiger partial charge in [-0.3, -0.25) is 14.7 Å². The molecule has 0 unspecified atom stereocenters. The van der Waals surface area contributed by atoms with Gasteiger partial charge in [-0.2, -0.15) is 18.3 Å². The number of aromatic nitrogens is 3. The van der Waals surface area contributed by atoms with E-state index in [0.717, 1.165) is 12.8 Å². The van der Waals surface area contributed by atoms with E-state index in [-0.39, 0.29) is 42.1 Å². The van der Waals surface area contributed by atoms with Crippen LogP contribution in [0.4, 0.5) is 13.2 Å². The molecule has 0 saturated heterocycles. The summed E-state index contributed by atoms with van der Waals surface area (Å²) in [6, 6.07) is 2.83. The molecule has 3 heterocycles. The maximum atomic E-state index is 13.0. The largest absolute Gasteiger partial charge is 0.435 e. The lowest BCUT2D eigenvalue weighted by Gasteiger charge is -2.27. The van der Waals surface area contributed by atoms with Crippen molar-refractivity contribution in [1.82, 2.24) is 20.1 Å². The van der Waals surface area contributed by atoms with E-state index in [1.165, 1.54) is 11.0 Å². The Morgan fingerprint density at radius 3 is 2.72 bits per heavy atom. The van der Waals surface area contributed by atoms with Gasteiger partial charge in [0.05, 0.1) is 0 Å². The topological polar surface area (TPSA) is 81.9 Å². The Morgan fingerprint density at radius 2 is 2.04 bits per heavy atom. The molecular weight excluding hydrogens is 337 g/mol. The van der Waals surface area contributed by atoms with Crippen molar-refractivity contribution in [3.8, 4) is 0 Å². The van der Waals surface area contributed by atoms with Gasteiger partial charge >= 0.3 is 6.18 Å². The fraction of sp³-hybridized carbons (Fsp3) is 0.438. The van der Waals surface area contributed by atoms with E-state index in [4.69, 9.17) is 0 Å². The van der Waals surface area contributed by atoms with Gasteiger partial charge in [-0.1, -0.05) is 0 Å². The highest BCUT2D eigenvalue weighted by Crippen LogP contribution is 2.39. The number of H-pyrrole nitrogens is 2. The van der Waals surface area contributed by atoms with Crippen molar-refractivity contribution in [2.45, 2.75) is 37.9 Å². The van der Waals surface area contributed by atoms with Crippen LogP contribution in [0.2, 0.25) is 0 Å². The summed E-state index contributed by atoms with van der Waals surface area (Å²) in [5, 5.41) is 5.76. The van der Waals surface area contributed by atoms with Gasteiger partial charge in [0.15, 0.2) is 5.69 Å². The number of alkyl halides is 3. The molecule has 1 aliphatic heterocycles. The van der Waals surface area contributed by atoms with Crippen LogP contribution < -0.4 is 5.56 Å². The second kappa shape index (κ2) is 5.47. The summed E-state index contributed by atoms with van der Waals surface area (Å²) in [4.78, 5) is 28.5. The molecule has 4 rings (SSSR count). The minimum Gasteiger partial charge on any atom is -0.334 e. The van der Waals surface area contributed by atoms with Crippen LogP contribution >= 0.6 is 0 Å². The molecule has 25 heavy (non-hydrogen) atoms. The lowest BCUT2D eigenvalue weighted by atomic mass is 10.0. The molecule has 132 valence electrons. The number of pyridine rings is 1. The van der Waals surface area contributed by atoms with Crippen molar-refractivity contribution in [1.29, 1.82) is 0 Å². The van der Waals surface area contributed by atoms with Crippen LogP contribution in [0.25, 0.3) is 0 Å². The van der Waals surface area contributed by atoms with Crippen molar-refractivity contribution in [2.75, 3.05) is 6.54 Å². The summed E-state index contributed by atoms with van der Waals surface area (Å²) in [7, 11) is 0. The fourth-order valence-electron chi connectivity index (χ4n) is 3.19. The molecule has 2 N–H and O–H groups in total. The molecule has 2 aromatic rings. The van der Waals surface area contributed by atoms with E-state index >= 15 is 0 Å². The summed E-state index contributed by atoms with van der Waals surface area (Å²) in [6.07, 6.45) is -2.38. The number of fused-ring (bicyclic) bond motifs is 1.